The third-order valence-electron chi connectivity index (χ3n) is 13.8. The third kappa shape index (κ3) is 5.31. The van der Waals surface area contributed by atoms with Gasteiger partial charge in [-0.05, 0) is 144 Å². The molecule has 1 nitrogen and oxygen atoms in total. The summed E-state index contributed by atoms with van der Waals surface area (Å²) in [6.45, 7) is 13.7. The second-order valence-electron chi connectivity index (χ2n) is 17.5. The number of rotatable bonds is 4. The fraction of sp³-hybridized carbons (Fsp3) is 0.153. The molecule has 8 aromatic carbocycles. The number of hydrogen-bond donors (Lipinski definition) is 0. The van der Waals surface area contributed by atoms with Gasteiger partial charge < -0.3 is 4.74 Å². The molecule has 3 aliphatic rings. The zero-order valence-electron chi connectivity index (χ0n) is 35.2. The molecule has 0 amide bonds. The molecule has 0 saturated carbocycles. The van der Waals surface area contributed by atoms with E-state index in [4.69, 9.17) is 4.74 Å². The van der Waals surface area contributed by atoms with Crippen molar-refractivity contribution in [1.82, 2.24) is 0 Å². The summed E-state index contributed by atoms with van der Waals surface area (Å²) < 4.78 is 6.74. The zero-order chi connectivity index (χ0) is 40.9. The van der Waals surface area contributed by atoms with Gasteiger partial charge in [0.05, 0.1) is 0 Å². The van der Waals surface area contributed by atoms with Gasteiger partial charge >= 0.3 is 0 Å². The van der Waals surface area contributed by atoms with Gasteiger partial charge in [0.1, 0.15) is 11.9 Å². The highest BCUT2D eigenvalue weighted by Crippen LogP contribution is 2.56. The van der Waals surface area contributed by atoms with E-state index in [0.29, 0.717) is 0 Å². The Hall–Kier alpha value is -6.70. The highest BCUT2D eigenvalue weighted by atomic mass is 16.5. The van der Waals surface area contributed by atoms with Crippen molar-refractivity contribution < 1.29 is 4.74 Å². The van der Waals surface area contributed by atoms with Crippen LogP contribution in [0.15, 0.2) is 152 Å². The van der Waals surface area contributed by atoms with Crippen LogP contribution in [-0.2, 0) is 5.41 Å². The Morgan fingerprint density at radius 2 is 1.33 bits per heavy atom. The van der Waals surface area contributed by atoms with E-state index in [0.717, 1.165) is 5.75 Å². The number of fused-ring (bicyclic) bond motifs is 11. The van der Waals surface area contributed by atoms with Crippen molar-refractivity contribution in [2.45, 2.75) is 59.0 Å². The van der Waals surface area contributed by atoms with Gasteiger partial charge in [0.15, 0.2) is 0 Å². The van der Waals surface area contributed by atoms with Gasteiger partial charge in [-0.2, -0.15) is 0 Å². The van der Waals surface area contributed by atoms with Crippen molar-refractivity contribution in [3.05, 3.63) is 196 Å². The number of allylic oxidation sites excluding steroid dienone is 3. The van der Waals surface area contributed by atoms with Gasteiger partial charge in [-0.25, -0.2) is 0 Å². The Labute approximate surface area is 353 Å². The Morgan fingerprint density at radius 3 is 2.15 bits per heavy atom. The van der Waals surface area contributed by atoms with Crippen LogP contribution in [0.1, 0.15) is 73.9 Å². The van der Waals surface area contributed by atoms with Gasteiger partial charge in [0.25, 0.3) is 0 Å². The van der Waals surface area contributed by atoms with Crippen molar-refractivity contribution in [3.8, 4) is 39.1 Å². The third-order valence-corrected chi connectivity index (χ3v) is 13.8. The van der Waals surface area contributed by atoms with E-state index in [1.165, 1.54) is 115 Å². The average molecular weight is 773 g/mol. The minimum absolute atomic E-state index is 0.0625. The predicted molar refractivity (Wildman–Crippen MR) is 257 cm³/mol. The molecule has 0 bridgehead atoms. The standard InChI is InChI=1S/C59H48O/c1-7-42-43(8-2)56(46-22-15-17-37-16-9-10-18-44(37)46)48-21-12-11-20-47(48)54(42)36(4)33-39-24-25-40(32-35(39)3)41-27-30-50-52(34-41)59(5,6)51-31-28-38-26-29-49-45-19-13-14-23-53(45)60-58(49)55(38)57(50)51/h7-34,45,53H,1-6H3/b36-33+,42-7+,43-8+. The molecular formula is C59H48O. The maximum atomic E-state index is 6.74. The summed E-state index contributed by atoms with van der Waals surface area (Å²) in [6.07, 6.45) is 15.8. The summed E-state index contributed by atoms with van der Waals surface area (Å²) in [5, 5.41) is 10.1. The van der Waals surface area contributed by atoms with Crippen LogP contribution < -0.4 is 15.2 Å². The Balaban J connectivity index is 0.996. The summed E-state index contributed by atoms with van der Waals surface area (Å²) in [5.74, 6) is 1.32. The maximum absolute atomic E-state index is 6.74. The lowest BCUT2D eigenvalue weighted by atomic mass is 9.81. The molecular weight excluding hydrogens is 725 g/mol. The lowest BCUT2D eigenvalue weighted by Gasteiger charge is -2.22. The van der Waals surface area contributed by atoms with Gasteiger partial charge in [0.2, 0.25) is 0 Å². The van der Waals surface area contributed by atoms with E-state index in [-0.39, 0.29) is 17.4 Å². The quantitative estimate of drug-likeness (QED) is 0.162. The van der Waals surface area contributed by atoms with Gasteiger partial charge in [0, 0.05) is 22.3 Å². The molecule has 1 heterocycles. The fourth-order valence-electron chi connectivity index (χ4n) is 10.9. The molecule has 1 aliphatic heterocycles. The Bertz CT molecular complexity index is 3360. The van der Waals surface area contributed by atoms with Gasteiger partial charge in [-0.15, -0.1) is 0 Å². The van der Waals surface area contributed by atoms with Crippen LogP contribution in [0.4, 0.5) is 0 Å². The summed E-state index contributed by atoms with van der Waals surface area (Å²) in [7, 11) is 0. The van der Waals surface area contributed by atoms with Crippen LogP contribution in [0.3, 0.4) is 0 Å². The molecule has 0 radical (unpaired) electrons. The van der Waals surface area contributed by atoms with Crippen molar-refractivity contribution in [2.75, 3.05) is 0 Å². The first kappa shape index (κ1) is 36.4. The maximum Gasteiger partial charge on any atom is 0.132 e. The van der Waals surface area contributed by atoms with Crippen molar-refractivity contribution in [1.29, 1.82) is 0 Å². The second kappa shape index (κ2) is 13.7. The normalized spacial score (nSPS) is 17.9. The van der Waals surface area contributed by atoms with Crippen LogP contribution in [-0.4, -0.2) is 6.10 Å². The van der Waals surface area contributed by atoms with E-state index in [1.807, 2.05) is 0 Å². The number of hydrogen-bond acceptors (Lipinski definition) is 1. The average Bonchev–Trinajstić information content (AvgIpc) is 3.77. The Kier molecular flexibility index (Phi) is 8.30. The first-order valence-corrected chi connectivity index (χ1v) is 21.5. The molecule has 0 aromatic heterocycles. The predicted octanol–water partition coefficient (Wildman–Crippen LogP) is 14.2. The SMILES string of the molecule is C/C=c1/c(/C(C)=C/c2ccc(-c3ccc4c(c3)C(C)(C)c3ccc5ccc6c(c5c3-4)OC3C=CC=CC63)cc2C)c2ccccc2c(-c2cccc3ccccc23)/c1=C/C. The number of benzene rings is 8. The largest absolute Gasteiger partial charge is 0.484 e. The highest BCUT2D eigenvalue weighted by Gasteiger charge is 2.40. The summed E-state index contributed by atoms with van der Waals surface area (Å²) in [4.78, 5) is 0. The first-order valence-electron chi connectivity index (χ1n) is 21.5. The lowest BCUT2D eigenvalue weighted by Crippen LogP contribution is -2.30. The van der Waals surface area contributed by atoms with Crippen molar-refractivity contribution in [2.24, 2.45) is 0 Å². The van der Waals surface area contributed by atoms with Crippen LogP contribution in [0.2, 0.25) is 0 Å². The first-order chi connectivity index (χ1) is 29.3. The molecule has 1 heteroatoms. The molecule has 2 unspecified atom stereocenters. The second-order valence-corrected chi connectivity index (χ2v) is 17.5. The molecule has 0 fully saturated rings. The topological polar surface area (TPSA) is 9.23 Å². The fourth-order valence-corrected chi connectivity index (χ4v) is 10.9. The number of ether oxygens (including phenoxy) is 1. The summed E-state index contributed by atoms with van der Waals surface area (Å²) >= 11 is 0. The van der Waals surface area contributed by atoms with Crippen molar-refractivity contribution in [3.63, 3.8) is 0 Å². The number of aryl methyl sites for hydroxylation is 1. The molecule has 11 rings (SSSR count). The van der Waals surface area contributed by atoms with Crippen LogP contribution >= 0.6 is 0 Å². The highest BCUT2D eigenvalue weighted by molar-refractivity contribution is 6.10. The molecule has 0 N–H and O–H groups in total. The molecule has 2 atom stereocenters. The van der Waals surface area contributed by atoms with Crippen LogP contribution in [0.5, 0.6) is 5.75 Å². The lowest BCUT2D eigenvalue weighted by molar-refractivity contribution is 0.271. The smallest absolute Gasteiger partial charge is 0.132 e. The minimum Gasteiger partial charge on any atom is -0.484 e. The van der Waals surface area contributed by atoms with Crippen LogP contribution in [0, 0.1) is 6.92 Å². The molecule has 0 spiro atoms. The minimum atomic E-state index is -0.147. The summed E-state index contributed by atoms with van der Waals surface area (Å²) in [5.41, 5.74) is 16.7. The van der Waals surface area contributed by atoms with E-state index in [1.54, 1.807) is 0 Å². The molecule has 290 valence electrons. The molecule has 0 saturated heterocycles. The van der Waals surface area contributed by atoms with Gasteiger partial charge in [-0.3, -0.25) is 0 Å². The van der Waals surface area contributed by atoms with E-state index in [2.05, 4.69) is 211 Å². The molecule has 2 aliphatic carbocycles. The van der Waals surface area contributed by atoms with E-state index >= 15 is 0 Å². The zero-order valence-corrected chi connectivity index (χ0v) is 35.2. The van der Waals surface area contributed by atoms with E-state index in [9.17, 15) is 0 Å². The molecule has 60 heavy (non-hydrogen) atoms. The van der Waals surface area contributed by atoms with Crippen molar-refractivity contribution >= 4 is 56.1 Å². The summed E-state index contributed by atoms with van der Waals surface area (Å²) in [6, 6.07) is 47.7. The molecule has 8 aromatic rings. The monoisotopic (exact) mass is 772 g/mol. The van der Waals surface area contributed by atoms with Crippen LogP contribution in [0.25, 0.3) is 89.5 Å². The van der Waals surface area contributed by atoms with Gasteiger partial charge in [-0.1, -0.05) is 172 Å². The Morgan fingerprint density at radius 1 is 0.617 bits per heavy atom. The van der Waals surface area contributed by atoms with E-state index < -0.39 is 0 Å².